The maximum atomic E-state index is 12.2. The number of ketones is 1. The van der Waals surface area contributed by atoms with Crippen LogP contribution in [0.4, 0.5) is 0 Å². The third-order valence-electron chi connectivity index (χ3n) is 2.90. The number of benzene rings is 1. The third kappa shape index (κ3) is 2.15. The number of hydrogen-bond acceptors (Lipinski definition) is 3. The number of aliphatic hydroxyl groups is 2. The van der Waals surface area contributed by atoms with Crippen LogP contribution in [0.1, 0.15) is 17.3 Å². The summed E-state index contributed by atoms with van der Waals surface area (Å²) in [4.78, 5) is 12.2. The molecule has 3 nitrogen and oxygen atoms in total. The van der Waals surface area contributed by atoms with Gasteiger partial charge in [0, 0.05) is 5.56 Å². The molecular weight excluding hydrogens is 216 g/mol. The molecule has 2 N–H and O–H groups in total. The molecule has 0 unspecified atom stereocenters. The predicted octanol–water partition coefficient (Wildman–Crippen LogP) is 2.25. The highest BCUT2D eigenvalue weighted by atomic mass is 16.3. The van der Waals surface area contributed by atoms with Gasteiger partial charge in [-0.15, -0.1) is 0 Å². The van der Waals surface area contributed by atoms with E-state index in [-0.39, 0.29) is 11.5 Å². The average molecular weight is 230 g/mol. The molecule has 0 spiro atoms. The van der Waals surface area contributed by atoms with E-state index in [1.54, 1.807) is 30.3 Å². The van der Waals surface area contributed by atoms with Crippen molar-refractivity contribution in [3.63, 3.8) is 0 Å². The lowest BCUT2D eigenvalue weighted by Crippen LogP contribution is -2.40. The Labute approximate surface area is 99.7 Å². The zero-order valence-corrected chi connectivity index (χ0v) is 9.50. The summed E-state index contributed by atoms with van der Waals surface area (Å²) in [7, 11) is 0. The lowest BCUT2D eigenvalue weighted by atomic mass is 9.79. The normalized spacial score (nSPS) is 27.6. The zero-order valence-electron chi connectivity index (χ0n) is 9.50. The molecule has 0 aromatic heterocycles. The van der Waals surface area contributed by atoms with Crippen LogP contribution < -0.4 is 0 Å². The molecule has 2 rings (SSSR count). The Hall–Kier alpha value is -1.87. The van der Waals surface area contributed by atoms with Crippen molar-refractivity contribution in [2.24, 2.45) is 5.92 Å². The van der Waals surface area contributed by atoms with Gasteiger partial charge in [-0.1, -0.05) is 42.5 Å². The summed E-state index contributed by atoms with van der Waals surface area (Å²) in [6.07, 6.45) is 4.49. The van der Waals surface area contributed by atoms with Crippen molar-refractivity contribution in [1.29, 1.82) is 0 Å². The first kappa shape index (κ1) is 11.6. The van der Waals surface area contributed by atoms with Gasteiger partial charge in [0.15, 0.2) is 5.78 Å². The van der Waals surface area contributed by atoms with Crippen LogP contribution in [-0.4, -0.2) is 21.6 Å². The number of aliphatic hydroxyl groups excluding tert-OH is 1. The van der Waals surface area contributed by atoms with Crippen LogP contribution in [-0.2, 0) is 0 Å². The Kier molecular flexibility index (Phi) is 2.86. The Bertz CT molecular complexity index is 483. The summed E-state index contributed by atoms with van der Waals surface area (Å²) in [5.41, 5.74) is -0.876. The Morgan fingerprint density at radius 1 is 1.29 bits per heavy atom. The Morgan fingerprint density at radius 3 is 2.53 bits per heavy atom. The molecule has 1 aliphatic carbocycles. The fourth-order valence-corrected chi connectivity index (χ4v) is 2.00. The van der Waals surface area contributed by atoms with E-state index in [1.807, 2.05) is 6.07 Å². The Morgan fingerprint density at radius 2 is 1.94 bits per heavy atom. The quantitative estimate of drug-likeness (QED) is 0.766. The molecule has 0 aliphatic heterocycles. The van der Waals surface area contributed by atoms with Crippen LogP contribution in [0.5, 0.6) is 0 Å². The molecule has 0 bridgehead atoms. The lowest BCUT2D eigenvalue weighted by Gasteiger charge is -2.30. The lowest BCUT2D eigenvalue weighted by molar-refractivity contribution is 0.0366. The van der Waals surface area contributed by atoms with Crippen molar-refractivity contribution in [2.75, 3.05) is 0 Å². The molecule has 1 aromatic rings. The molecule has 17 heavy (non-hydrogen) atoms. The molecule has 2 atom stereocenters. The van der Waals surface area contributed by atoms with Gasteiger partial charge in [0.1, 0.15) is 11.7 Å². The molecule has 0 radical (unpaired) electrons. The van der Waals surface area contributed by atoms with E-state index in [0.29, 0.717) is 5.56 Å². The molecule has 0 heterocycles. The van der Waals surface area contributed by atoms with Gasteiger partial charge in [-0.2, -0.15) is 0 Å². The van der Waals surface area contributed by atoms with Gasteiger partial charge in [-0.3, -0.25) is 4.79 Å². The first-order valence-corrected chi connectivity index (χ1v) is 5.42. The minimum Gasteiger partial charge on any atom is -0.511 e. The maximum absolute atomic E-state index is 12.2. The topological polar surface area (TPSA) is 57.5 Å². The number of Topliss-reactive ketones (excluding diaryl/α,β-unsaturated/α-hetero) is 1. The third-order valence-corrected chi connectivity index (χ3v) is 2.90. The van der Waals surface area contributed by atoms with E-state index in [0.717, 1.165) is 0 Å². The van der Waals surface area contributed by atoms with Crippen molar-refractivity contribution >= 4 is 5.78 Å². The van der Waals surface area contributed by atoms with Gasteiger partial charge in [-0.05, 0) is 13.0 Å². The molecule has 1 aromatic carbocycles. The highest BCUT2D eigenvalue weighted by Crippen LogP contribution is 2.31. The van der Waals surface area contributed by atoms with E-state index in [4.69, 9.17) is 0 Å². The van der Waals surface area contributed by atoms with E-state index in [9.17, 15) is 15.0 Å². The van der Waals surface area contributed by atoms with Crippen LogP contribution in [0.3, 0.4) is 0 Å². The summed E-state index contributed by atoms with van der Waals surface area (Å²) >= 11 is 0. The van der Waals surface area contributed by atoms with E-state index < -0.39 is 11.5 Å². The van der Waals surface area contributed by atoms with Crippen molar-refractivity contribution in [1.82, 2.24) is 0 Å². The fraction of sp³-hybridized carbons (Fsp3) is 0.214. The number of carbonyl (C=O) groups is 1. The molecule has 0 saturated carbocycles. The number of allylic oxidation sites excluding steroid dienone is 2. The van der Waals surface area contributed by atoms with Gasteiger partial charge in [0.05, 0.1) is 5.60 Å². The molecular formula is C14H14O3. The zero-order chi connectivity index (χ0) is 12.5. The standard InChI is InChI=1S/C14H14O3/c1-14(17)9-5-8-11(15)12(14)13(16)10-6-3-2-4-7-10/h2-9,12,15,17H,1H3/t12-,14-/m0/s1. The second-order valence-electron chi connectivity index (χ2n) is 4.34. The minimum absolute atomic E-state index is 0.105. The van der Waals surface area contributed by atoms with Gasteiger partial charge in [0.25, 0.3) is 0 Å². The van der Waals surface area contributed by atoms with Crippen LogP contribution in [0.2, 0.25) is 0 Å². The van der Waals surface area contributed by atoms with Crippen LogP contribution >= 0.6 is 0 Å². The molecule has 0 fully saturated rings. The van der Waals surface area contributed by atoms with E-state index >= 15 is 0 Å². The van der Waals surface area contributed by atoms with Crippen LogP contribution in [0, 0.1) is 5.92 Å². The summed E-state index contributed by atoms with van der Waals surface area (Å²) in [6, 6.07) is 8.65. The highest BCUT2D eigenvalue weighted by Gasteiger charge is 2.40. The first-order chi connectivity index (χ1) is 8.02. The van der Waals surface area contributed by atoms with E-state index in [1.165, 1.54) is 19.1 Å². The second-order valence-corrected chi connectivity index (χ2v) is 4.34. The van der Waals surface area contributed by atoms with Crippen LogP contribution in [0.25, 0.3) is 0 Å². The monoisotopic (exact) mass is 230 g/mol. The van der Waals surface area contributed by atoms with Gasteiger partial charge < -0.3 is 10.2 Å². The smallest absolute Gasteiger partial charge is 0.176 e. The van der Waals surface area contributed by atoms with Crippen molar-refractivity contribution in [2.45, 2.75) is 12.5 Å². The average Bonchev–Trinajstić information content (AvgIpc) is 2.28. The van der Waals surface area contributed by atoms with Gasteiger partial charge in [-0.25, -0.2) is 0 Å². The van der Waals surface area contributed by atoms with Crippen molar-refractivity contribution < 1.29 is 15.0 Å². The maximum Gasteiger partial charge on any atom is 0.176 e. The van der Waals surface area contributed by atoms with Gasteiger partial charge >= 0.3 is 0 Å². The molecule has 88 valence electrons. The summed E-state index contributed by atoms with van der Waals surface area (Å²) < 4.78 is 0. The summed E-state index contributed by atoms with van der Waals surface area (Å²) in [5.74, 6) is -1.32. The number of hydrogen-bond donors (Lipinski definition) is 2. The van der Waals surface area contributed by atoms with E-state index in [2.05, 4.69) is 0 Å². The van der Waals surface area contributed by atoms with Gasteiger partial charge in [0.2, 0.25) is 0 Å². The van der Waals surface area contributed by atoms with Crippen molar-refractivity contribution in [3.05, 3.63) is 59.9 Å². The molecule has 0 amide bonds. The molecule has 1 aliphatic rings. The number of carbonyl (C=O) groups excluding carboxylic acids is 1. The predicted molar refractivity (Wildman–Crippen MR) is 64.7 cm³/mol. The number of rotatable bonds is 2. The first-order valence-electron chi connectivity index (χ1n) is 5.42. The SMILES string of the molecule is C[C@]1(O)C=CC=C(O)[C@H]1C(=O)c1ccccc1. The minimum atomic E-state index is -1.36. The Balaban J connectivity index is 2.37. The van der Waals surface area contributed by atoms with Crippen LogP contribution in [0.15, 0.2) is 54.3 Å². The summed E-state index contributed by atoms with van der Waals surface area (Å²) in [5, 5.41) is 19.9. The molecule has 3 heteroatoms. The largest absolute Gasteiger partial charge is 0.511 e. The summed E-state index contributed by atoms with van der Waals surface area (Å²) in [6.45, 7) is 1.51. The fourth-order valence-electron chi connectivity index (χ4n) is 2.00. The highest BCUT2D eigenvalue weighted by molar-refractivity contribution is 6.00. The second kappa shape index (κ2) is 4.18. The molecule has 0 saturated heterocycles. The van der Waals surface area contributed by atoms with Crippen molar-refractivity contribution in [3.8, 4) is 0 Å².